The van der Waals surface area contributed by atoms with E-state index in [0.717, 1.165) is 24.9 Å². The summed E-state index contributed by atoms with van der Waals surface area (Å²) >= 11 is 0. The Morgan fingerprint density at radius 2 is 1.95 bits per heavy atom. The predicted molar refractivity (Wildman–Crippen MR) is 84.9 cm³/mol. The number of amides is 3. The van der Waals surface area contributed by atoms with Gasteiger partial charge in [-0.2, -0.15) is 0 Å². The van der Waals surface area contributed by atoms with Gasteiger partial charge in [0.15, 0.2) is 0 Å². The zero-order valence-corrected chi connectivity index (χ0v) is 12.5. The number of nitrogens with one attached hydrogen (secondary N) is 2. The van der Waals surface area contributed by atoms with Gasteiger partial charge in [-0.1, -0.05) is 12.1 Å². The van der Waals surface area contributed by atoms with Gasteiger partial charge in [0, 0.05) is 31.4 Å². The van der Waals surface area contributed by atoms with E-state index < -0.39 is 0 Å². The summed E-state index contributed by atoms with van der Waals surface area (Å²) in [4.78, 5) is 25.5. The van der Waals surface area contributed by atoms with Crippen molar-refractivity contribution in [2.24, 2.45) is 5.73 Å². The lowest BCUT2D eigenvalue weighted by molar-refractivity contribution is -0.130. The molecule has 7 heteroatoms. The molecule has 0 spiro atoms. The predicted octanol–water partition coefficient (Wildman–Crippen LogP) is 0.0177. The summed E-state index contributed by atoms with van der Waals surface area (Å²) in [5, 5.41) is 5.28. The SMILES string of the molecule is NCC1CCCN1C(=O)CNC(=O)NCc1ccc(N)cc1. The Balaban J connectivity index is 1.71. The third-order valence-corrected chi connectivity index (χ3v) is 3.80. The first-order chi connectivity index (χ1) is 10.6. The molecule has 1 aliphatic rings. The zero-order chi connectivity index (χ0) is 15.9. The van der Waals surface area contributed by atoms with Gasteiger partial charge in [-0.05, 0) is 30.5 Å². The maximum Gasteiger partial charge on any atom is 0.315 e. The minimum Gasteiger partial charge on any atom is -0.399 e. The topological polar surface area (TPSA) is 113 Å². The van der Waals surface area contributed by atoms with Crippen molar-refractivity contribution in [3.8, 4) is 0 Å². The van der Waals surface area contributed by atoms with E-state index in [-0.39, 0.29) is 24.5 Å². The lowest BCUT2D eigenvalue weighted by atomic mass is 10.2. The molecule has 120 valence electrons. The van der Waals surface area contributed by atoms with Gasteiger partial charge in [-0.15, -0.1) is 0 Å². The van der Waals surface area contributed by atoms with E-state index in [0.29, 0.717) is 18.8 Å². The van der Waals surface area contributed by atoms with Crippen molar-refractivity contribution in [1.29, 1.82) is 0 Å². The van der Waals surface area contributed by atoms with Gasteiger partial charge in [0.2, 0.25) is 5.91 Å². The van der Waals surface area contributed by atoms with Crippen LogP contribution in [0.2, 0.25) is 0 Å². The molecule has 0 radical (unpaired) electrons. The van der Waals surface area contributed by atoms with Crippen molar-refractivity contribution >= 4 is 17.6 Å². The Bertz CT molecular complexity index is 517. The minimum atomic E-state index is -0.367. The lowest BCUT2D eigenvalue weighted by Gasteiger charge is -2.23. The fraction of sp³-hybridized carbons (Fsp3) is 0.467. The molecule has 22 heavy (non-hydrogen) atoms. The molecule has 0 saturated carbocycles. The monoisotopic (exact) mass is 305 g/mol. The number of likely N-dealkylation sites (tertiary alicyclic amines) is 1. The van der Waals surface area contributed by atoms with E-state index in [9.17, 15) is 9.59 Å². The van der Waals surface area contributed by atoms with E-state index in [1.165, 1.54) is 0 Å². The summed E-state index contributed by atoms with van der Waals surface area (Å²) < 4.78 is 0. The smallest absolute Gasteiger partial charge is 0.315 e. The summed E-state index contributed by atoms with van der Waals surface area (Å²) in [5.74, 6) is -0.0874. The van der Waals surface area contributed by atoms with Gasteiger partial charge >= 0.3 is 6.03 Å². The average Bonchev–Trinajstić information content (AvgIpc) is 3.00. The molecule has 6 N–H and O–H groups in total. The Labute approximate surface area is 130 Å². The third-order valence-electron chi connectivity index (χ3n) is 3.80. The van der Waals surface area contributed by atoms with E-state index in [4.69, 9.17) is 11.5 Å². The van der Waals surface area contributed by atoms with Gasteiger partial charge in [0.05, 0.1) is 6.54 Å². The Hall–Kier alpha value is -2.28. The van der Waals surface area contributed by atoms with Crippen LogP contribution in [0.15, 0.2) is 24.3 Å². The fourth-order valence-corrected chi connectivity index (χ4v) is 2.55. The van der Waals surface area contributed by atoms with Crippen molar-refractivity contribution < 1.29 is 9.59 Å². The molecule has 0 aromatic heterocycles. The van der Waals surface area contributed by atoms with Crippen molar-refractivity contribution in [2.45, 2.75) is 25.4 Å². The molecule has 1 atom stereocenters. The first-order valence-corrected chi connectivity index (χ1v) is 7.46. The van der Waals surface area contributed by atoms with E-state index >= 15 is 0 Å². The van der Waals surface area contributed by atoms with E-state index in [1.54, 1.807) is 17.0 Å². The molecule has 0 bridgehead atoms. The number of benzene rings is 1. The van der Waals surface area contributed by atoms with Crippen LogP contribution in [-0.4, -0.2) is 42.5 Å². The molecule has 7 nitrogen and oxygen atoms in total. The van der Waals surface area contributed by atoms with Crippen LogP contribution < -0.4 is 22.1 Å². The molecular weight excluding hydrogens is 282 g/mol. The standard InChI is InChI=1S/C15H23N5O2/c16-8-13-2-1-7-20(13)14(21)10-19-15(22)18-9-11-3-5-12(17)6-4-11/h3-6,13H,1-2,7-10,16-17H2,(H2,18,19,22). The largest absolute Gasteiger partial charge is 0.399 e. The quantitative estimate of drug-likeness (QED) is 0.574. The molecule has 0 aliphatic carbocycles. The van der Waals surface area contributed by atoms with Crippen LogP contribution >= 0.6 is 0 Å². The Kier molecular flexibility index (Phi) is 5.60. The molecule has 3 amide bonds. The summed E-state index contributed by atoms with van der Waals surface area (Å²) in [6.45, 7) is 1.56. The number of anilines is 1. The molecule has 1 aliphatic heterocycles. The van der Waals surface area contributed by atoms with Crippen LogP contribution in [0.4, 0.5) is 10.5 Å². The van der Waals surface area contributed by atoms with Crippen LogP contribution in [0.5, 0.6) is 0 Å². The number of rotatable bonds is 5. The number of urea groups is 1. The van der Waals surface area contributed by atoms with E-state index in [1.807, 2.05) is 12.1 Å². The number of nitrogen functional groups attached to an aromatic ring is 1. The number of carbonyl (C=O) groups excluding carboxylic acids is 2. The number of hydrogen-bond donors (Lipinski definition) is 4. The number of hydrogen-bond acceptors (Lipinski definition) is 4. The van der Waals surface area contributed by atoms with Crippen LogP contribution in [-0.2, 0) is 11.3 Å². The van der Waals surface area contributed by atoms with Crippen molar-refractivity contribution in [1.82, 2.24) is 15.5 Å². The average molecular weight is 305 g/mol. The number of carbonyl (C=O) groups is 2. The van der Waals surface area contributed by atoms with Crippen molar-refractivity contribution in [3.05, 3.63) is 29.8 Å². The van der Waals surface area contributed by atoms with Crippen LogP contribution in [0.25, 0.3) is 0 Å². The normalized spacial score (nSPS) is 17.3. The second kappa shape index (κ2) is 7.65. The molecule has 2 rings (SSSR count). The fourth-order valence-electron chi connectivity index (χ4n) is 2.55. The second-order valence-electron chi connectivity index (χ2n) is 5.40. The molecular formula is C15H23N5O2. The summed E-state index contributed by atoms with van der Waals surface area (Å²) in [6.07, 6.45) is 1.91. The van der Waals surface area contributed by atoms with Crippen LogP contribution in [0.1, 0.15) is 18.4 Å². The minimum absolute atomic E-state index is 0.00985. The van der Waals surface area contributed by atoms with Crippen molar-refractivity contribution in [3.63, 3.8) is 0 Å². The zero-order valence-electron chi connectivity index (χ0n) is 12.5. The maximum atomic E-state index is 12.0. The van der Waals surface area contributed by atoms with Gasteiger partial charge in [0.1, 0.15) is 0 Å². The highest BCUT2D eigenvalue weighted by Gasteiger charge is 2.27. The molecule has 1 fully saturated rings. The lowest BCUT2D eigenvalue weighted by Crippen LogP contribution is -2.46. The molecule has 1 unspecified atom stereocenters. The Morgan fingerprint density at radius 1 is 1.23 bits per heavy atom. The summed E-state index contributed by atoms with van der Waals surface area (Å²) in [6, 6.07) is 6.98. The first-order valence-electron chi connectivity index (χ1n) is 7.46. The van der Waals surface area contributed by atoms with Gasteiger partial charge in [0.25, 0.3) is 0 Å². The second-order valence-corrected chi connectivity index (χ2v) is 5.40. The molecule has 1 aromatic rings. The highest BCUT2D eigenvalue weighted by molar-refractivity contribution is 5.84. The Morgan fingerprint density at radius 3 is 2.64 bits per heavy atom. The number of nitrogens with zero attached hydrogens (tertiary/aromatic N) is 1. The molecule has 1 saturated heterocycles. The van der Waals surface area contributed by atoms with Gasteiger partial charge in [-0.3, -0.25) is 4.79 Å². The number of nitrogens with two attached hydrogens (primary N) is 2. The third kappa shape index (κ3) is 4.36. The molecule has 1 heterocycles. The van der Waals surface area contributed by atoms with Crippen molar-refractivity contribution in [2.75, 3.05) is 25.4 Å². The highest BCUT2D eigenvalue weighted by atomic mass is 16.2. The highest BCUT2D eigenvalue weighted by Crippen LogP contribution is 2.15. The van der Waals surface area contributed by atoms with E-state index in [2.05, 4.69) is 10.6 Å². The van der Waals surface area contributed by atoms with Crippen LogP contribution in [0, 0.1) is 0 Å². The summed E-state index contributed by atoms with van der Waals surface area (Å²) in [5.41, 5.74) is 12.9. The molecule has 1 aromatic carbocycles. The first kappa shape index (κ1) is 16.1. The van der Waals surface area contributed by atoms with Gasteiger partial charge < -0.3 is 27.0 Å². The van der Waals surface area contributed by atoms with Gasteiger partial charge in [-0.25, -0.2) is 4.79 Å². The van der Waals surface area contributed by atoms with Crippen LogP contribution in [0.3, 0.4) is 0 Å². The maximum absolute atomic E-state index is 12.0. The summed E-state index contributed by atoms with van der Waals surface area (Å²) in [7, 11) is 0.